The first kappa shape index (κ1) is 16.0. The molecule has 1 aliphatic heterocycles. The first-order valence-corrected chi connectivity index (χ1v) is 8.50. The molecule has 0 unspecified atom stereocenters. The third-order valence-electron chi connectivity index (χ3n) is 4.73. The zero-order valence-electron chi connectivity index (χ0n) is 14.4. The molecular formula is C20H13N5O3. The molecule has 8 nitrogen and oxygen atoms in total. The van der Waals surface area contributed by atoms with Gasteiger partial charge in [0.2, 0.25) is 0 Å². The Balaban J connectivity index is 1.78. The number of fused-ring (bicyclic) bond motifs is 2. The molecule has 0 aliphatic carbocycles. The fourth-order valence-corrected chi connectivity index (χ4v) is 3.46. The van der Waals surface area contributed by atoms with Crippen molar-refractivity contribution in [3.63, 3.8) is 0 Å². The minimum Gasteiger partial charge on any atom is -0.384 e. The predicted octanol–water partition coefficient (Wildman–Crippen LogP) is 1.85. The minimum atomic E-state index is -0.625. The Hall–Kier alpha value is -4.20. The van der Waals surface area contributed by atoms with Gasteiger partial charge in [0, 0.05) is 11.6 Å². The summed E-state index contributed by atoms with van der Waals surface area (Å²) >= 11 is 0. The van der Waals surface area contributed by atoms with Crippen LogP contribution in [0.15, 0.2) is 59.4 Å². The molecule has 0 fully saturated rings. The van der Waals surface area contributed by atoms with E-state index < -0.39 is 17.4 Å². The van der Waals surface area contributed by atoms with Gasteiger partial charge in [-0.05, 0) is 12.1 Å². The lowest BCUT2D eigenvalue weighted by atomic mass is 10.1. The van der Waals surface area contributed by atoms with E-state index in [1.165, 1.54) is 4.57 Å². The van der Waals surface area contributed by atoms with Crippen LogP contribution in [0, 0.1) is 0 Å². The summed E-state index contributed by atoms with van der Waals surface area (Å²) in [5.41, 5.74) is 8.17. The Labute approximate surface area is 157 Å². The third kappa shape index (κ3) is 2.18. The number of benzene rings is 2. The number of amides is 2. The van der Waals surface area contributed by atoms with Crippen LogP contribution in [0.5, 0.6) is 0 Å². The second kappa shape index (κ2) is 5.65. The Morgan fingerprint density at radius 3 is 2.50 bits per heavy atom. The molecule has 0 saturated heterocycles. The van der Waals surface area contributed by atoms with E-state index in [1.807, 2.05) is 36.4 Å². The van der Waals surface area contributed by atoms with E-state index in [0.717, 1.165) is 11.6 Å². The summed E-state index contributed by atoms with van der Waals surface area (Å²) in [6.07, 6.45) is 0. The Kier molecular flexibility index (Phi) is 3.23. The molecule has 0 bridgehead atoms. The van der Waals surface area contributed by atoms with Crippen LogP contribution in [0.4, 0.5) is 5.82 Å². The maximum Gasteiger partial charge on any atom is 0.262 e. The van der Waals surface area contributed by atoms with Crippen molar-refractivity contribution >= 4 is 28.7 Å². The number of carbonyl (C=O) groups is 2. The Morgan fingerprint density at radius 1 is 0.929 bits per heavy atom. The van der Waals surface area contributed by atoms with Gasteiger partial charge in [-0.25, -0.2) is 4.98 Å². The molecular weight excluding hydrogens is 358 g/mol. The number of nitrogens with two attached hydrogens (primary N) is 1. The van der Waals surface area contributed by atoms with Crippen molar-refractivity contribution in [1.29, 1.82) is 0 Å². The second-order valence-electron chi connectivity index (χ2n) is 6.40. The molecule has 2 aromatic heterocycles. The Bertz CT molecular complexity index is 1350. The van der Waals surface area contributed by atoms with Crippen LogP contribution < -0.4 is 16.6 Å². The average Bonchev–Trinajstić information content (AvgIpc) is 3.24. The van der Waals surface area contributed by atoms with E-state index in [-0.39, 0.29) is 16.9 Å². The molecule has 0 spiro atoms. The highest BCUT2D eigenvalue weighted by Crippen LogP contribution is 2.28. The number of nitrogens with zero attached hydrogens (tertiary/aromatic N) is 2. The summed E-state index contributed by atoms with van der Waals surface area (Å²) in [5.74, 6) is -0.697. The smallest absolute Gasteiger partial charge is 0.262 e. The number of aromatic amines is 1. The lowest BCUT2D eigenvalue weighted by Gasteiger charge is -2.12. The highest BCUT2D eigenvalue weighted by Gasteiger charge is 2.32. The van der Waals surface area contributed by atoms with E-state index in [2.05, 4.69) is 15.3 Å². The number of H-pyrrole nitrogens is 1. The second-order valence-corrected chi connectivity index (χ2v) is 6.40. The largest absolute Gasteiger partial charge is 0.384 e. The first-order valence-electron chi connectivity index (χ1n) is 8.50. The maximum atomic E-state index is 12.7. The van der Waals surface area contributed by atoms with Crippen molar-refractivity contribution in [1.82, 2.24) is 19.9 Å². The summed E-state index contributed by atoms with van der Waals surface area (Å²) < 4.78 is 1.20. The normalized spacial score (nSPS) is 13.0. The van der Waals surface area contributed by atoms with Crippen molar-refractivity contribution in [3.05, 3.63) is 76.1 Å². The number of carbonyl (C=O) groups excluding carboxylic acids is 2. The molecule has 8 heteroatoms. The summed E-state index contributed by atoms with van der Waals surface area (Å²) in [4.78, 5) is 44.5. The highest BCUT2D eigenvalue weighted by molar-refractivity contribution is 6.23. The number of nitrogens with one attached hydrogen (secondary N) is 2. The fraction of sp³-hybridized carbons (Fsp3) is 0. The SMILES string of the molecule is Nc1c2c(cc(=O)n1-c1cccc3[nH]c(-c4ccccc4)nc13)C(=O)NC2=O. The number of pyridine rings is 1. The van der Waals surface area contributed by atoms with E-state index in [0.29, 0.717) is 22.5 Å². The van der Waals surface area contributed by atoms with Crippen LogP contribution in [-0.4, -0.2) is 26.3 Å². The molecule has 28 heavy (non-hydrogen) atoms. The molecule has 5 rings (SSSR count). The topological polar surface area (TPSA) is 123 Å². The molecule has 0 saturated carbocycles. The quantitative estimate of drug-likeness (QED) is 0.464. The van der Waals surface area contributed by atoms with Gasteiger partial charge >= 0.3 is 0 Å². The van der Waals surface area contributed by atoms with Gasteiger partial charge in [0.05, 0.1) is 22.3 Å². The zero-order chi connectivity index (χ0) is 19.4. The molecule has 2 amide bonds. The number of nitrogen functional groups attached to an aromatic ring is 1. The van der Waals surface area contributed by atoms with E-state index >= 15 is 0 Å². The molecule has 136 valence electrons. The predicted molar refractivity (Wildman–Crippen MR) is 103 cm³/mol. The first-order chi connectivity index (χ1) is 13.5. The van der Waals surface area contributed by atoms with Crippen LogP contribution in [0.1, 0.15) is 20.7 Å². The van der Waals surface area contributed by atoms with Gasteiger partial charge in [0.25, 0.3) is 17.4 Å². The standard InChI is InChI=1S/C20H13N5O3/c21-17-15-11(19(27)24-20(15)28)9-14(26)25(17)13-8-4-7-12-16(13)23-18(22-12)10-5-2-1-3-6-10/h1-9H,21H2,(H,22,23)(H,24,27,28). The van der Waals surface area contributed by atoms with Gasteiger partial charge in [-0.15, -0.1) is 0 Å². The maximum absolute atomic E-state index is 12.7. The van der Waals surface area contributed by atoms with Gasteiger partial charge in [0.15, 0.2) is 0 Å². The summed E-state index contributed by atoms with van der Waals surface area (Å²) in [6.45, 7) is 0. The minimum absolute atomic E-state index is 0.000390. The van der Waals surface area contributed by atoms with E-state index in [1.54, 1.807) is 12.1 Å². The molecule has 4 N–H and O–H groups in total. The van der Waals surface area contributed by atoms with Gasteiger partial charge in [-0.1, -0.05) is 36.4 Å². The van der Waals surface area contributed by atoms with Gasteiger partial charge < -0.3 is 10.7 Å². The summed E-state index contributed by atoms with van der Waals surface area (Å²) in [6, 6.07) is 16.0. The number of anilines is 1. The van der Waals surface area contributed by atoms with Crippen molar-refractivity contribution in [2.24, 2.45) is 0 Å². The average molecular weight is 371 g/mol. The van der Waals surface area contributed by atoms with Crippen molar-refractivity contribution in [3.8, 4) is 17.1 Å². The lowest BCUT2D eigenvalue weighted by Crippen LogP contribution is -2.24. The van der Waals surface area contributed by atoms with E-state index in [4.69, 9.17) is 5.73 Å². The van der Waals surface area contributed by atoms with Crippen LogP contribution in [0.3, 0.4) is 0 Å². The highest BCUT2D eigenvalue weighted by atomic mass is 16.2. The molecule has 0 radical (unpaired) electrons. The number of imide groups is 1. The summed E-state index contributed by atoms with van der Waals surface area (Å²) in [5, 5.41) is 2.16. The van der Waals surface area contributed by atoms with E-state index in [9.17, 15) is 14.4 Å². The molecule has 1 aliphatic rings. The molecule has 2 aromatic carbocycles. The number of hydrogen-bond acceptors (Lipinski definition) is 5. The van der Waals surface area contributed by atoms with Crippen LogP contribution in [0.25, 0.3) is 28.1 Å². The van der Waals surface area contributed by atoms with Crippen LogP contribution >= 0.6 is 0 Å². The zero-order valence-corrected chi connectivity index (χ0v) is 14.4. The Morgan fingerprint density at radius 2 is 1.71 bits per heavy atom. The molecule has 3 heterocycles. The number of aromatic nitrogens is 3. The molecule has 4 aromatic rings. The number of rotatable bonds is 2. The van der Waals surface area contributed by atoms with Crippen molar-refractivity contribution < 1.29 is 9.59 Å². The number of hydrogen-bond donors (Lipinski definition) is 3. The number of imidazole rings is 1. The van der Waals surface area contributed by atoms with Crippen LogP contribution in [0.2, 0.25) is 0 Å². The van der Waals surface area contributed by atoms with Gasteiger partial charge in [0.1, 0.15) is 17.2 Å². The van der Waals surface area contributed by atoms with Gasteiger partial charge in [-0.2, -0.15) is 0 Å². The fourth-order valence-electron chi connectivity index (χ4n) is 3.46. The lowest BCUT2D eigenvalue weighted by molar-refractivity contribution is 0.0880. The number of para-hydroxylation sites is 1. The van der Waals surface area contributed by atoms with Gasteiger partial charge in [-0.3, -0.25) is 24.3 Å². The monoisotopic (exact) mass is 371 g/mol. The summed E-state index contributed by atoms with van der Waals surface area (Å²) in [7, 11) is 0. The van der Waals surface area contributed by atoms with Crippen LogP contribution in [-0.2, 0) is 0 Å². The third-order valence-corrected chi connectivity index (χ3v) is 4.73. The van der Waals surface area contributed by atoms with Crippen molar-refractivity contribution in [2.75, 3.05) is 5.73 Å². The van der Waals surface area contributed by atoms with Crippen molar-refractivity contribution in [2.45, 2.75) is 0 Å². The molecule has 0 atom stereocenters.